The summed E-state index contributed by atoms with van der Waals surface area (Å²) in [4.78, 5) is 4.48. The van der Waals surface area contributed by atoms with Crippen LogP contribution in [-0.4, -0.2) is 18.6 Å². The molecule has 2 rings (SSSR count). The largest absolute Gasteiger partial charge is 0.495 e. The molecule has 2 aromatic rings. The van der Waals surface area contributed by atoms with Gasteiger partial charge in [0.05, 0.1) is 13.2 Å². The standard InChI is InChI=1S/C16H19ClN2O/c1-4-18-15(12-7-8-13(17)11(2)10-12)16-14(20-3)6-5-9-19-16/h5-10,15,18H,4H2,1-3H3. The molecule has 20 heavy (non-hydrogen) atoms. The zero-order valence-corrected chi connectivity index (χ0v) is 12.7. The summed E-state index contributed by atoms with van der Waals surface area (Å²) in [6.45, 7) is 4.92. The number of hydrogen-bond donors (Lipinski definition) is 1. The molecule has 0 saturated carbocycles. The Morgan fingerprint density at radius 3 is 2.80 bits per heavy atom. The van der Waals surface area contributed by atoms with Gasteiger partial charge in [-0.15, -0.1) is 0 Å². The SMILES string of the molecule is CCNC(c1ccc(Cl)c(C)c1)c1ncccc1OC. The van der Waals surface area contributed by atoms with E-state index in [1.165, 1.54) is 0 Å². The van der Waals surface area contributed by atoms with Gasteiger partial charge in [-0.05, 0) is 42.8 Å². The highest BCUT2D eigenvalue weighted by Crippen LogP contribution is 2.29. The van der Waals surface area contributed by atoms with Crippen LogP contribution in [0.5, 0.6) is 5.75 Å². The Labute approximate surface area is 124 Å². The molecule has 0 spiro atoms. The molecule has 3 nitrogen and oxygen atoms in total. The highest BCUT2D eigenvalue weighted by molar-refractivity contribution is 6.31. The molecule has 0 aliphatic heterocycles. The lowest BCUT2D eigenvalue weighted by atomic mass is 10.0. The van der Waals surface area contributed by atoms with Crippen LogP contribution in [0.4, 0.5) is 0 Å². The Morgan fingerprint density at radius 2 is 2.15 bits per heavy atom. The number of pyridine rings is 1. The first-order valence-corrected chi connectivity index (χ1v) is 7.03. The van der Waals surface area contributed by atoms with Crippen LogP contribution in [0.3, 0.4) is 0 Å². The first-order chi connectivity index (χ1) is 9.67. The van der Waals surface area contributed by atoms with Crippen molar-refractivity contribution < 1.29 is 4.74 Å². The van der Waals surface area contributed by atoms with Crippen LogP contribution in [-0.2, 0) is 0 Å². The smallest absolute Gasteiger partial charge is 0.142 e. The summed E-state index contributed by atoms with van der Waals surface area (Å²) >= 11 is 6.11. The molecule has 0 radical (unpaired) electrons. The van der Waals surface area contributed by atoms with E-state index in [2.05, 4.69) is 23.3 Å². The third kappa shape index (κ3) is 3.11. The van der Waals surface area contributed by atoms with E-state index in [0.29, 0.717) is 0 Å². The van der Waals surface area contributed by atoms with Gasteiger partial charge in [0.1, 0.15) is 11.4 Å². The van der Waals surface area contributed by atoms with Gasteiger partial charge in [-0.25, -0.2) is 0 Å². The molecule has 1 aromatic carbocycles. The van der Waals surface area contributed by atoms with Gasteiger partial charge in [-0.3, -0.25) is 4.98 Å². The molecule has 0 saturated heterocycles. The van der Waals surface area contributed by atoms with Gasteiger partial charge in [-0.1, -0.05) is 30.7 Å². The summed E-state index contributed by atoms with van der Waals surface area (Å²) in [5, 5.41) is 4.23. The predicted molar refractivity (Wildman–Crippen MR) is 82.5 cm³/mol. The van der Waals surface area contributed by atoms with Gasteiger partial charge < -0.3 is 10.1 Å². The van der Waals surface area contributed by atoms with Crippen LogP contribution in [0.1, 0.15) is 29.8 Å². The van der Waals surface area contributed by atoms with E-state index >= 15 is 0 Å². The van der Waals surface area contributed by atoms with Crippen molar-refractivity contribution in [1.82, 2.24) is 10.3 Å². The lowest BCUT2D eigenvalue weighted by Gasteiger charge is -2.20. The summed E-state index contributed by atoms with van der Waals surface area (Å²) < 4.78 is 5.42. The van der Waals surface area contributed by atoms with Crippen molar-refractivity contribution in [1.29, 1.82) is 0 Å². The summed E-state index contributed by atoms with van der Waals surface area (Å²) in [6, 6.07) is 9.83. The first kappa shape index (κ1) is 14.8. The minimum absolute atomic E-state index is 0.00730. The molecular formula is C16H19ClN2O. The third-order valence-corrected chi connectivity index (χ3v) is 3.64. The van der Waals surface area contributed by atoms with Gasteiger partial charge in [0.15, 0.2) is 0 Å². The summed E-state index contributed by atoms with van der Waals surface area (Å²) in [5.74, 6) is 0.783. The maximum atomic E-state index is 6.11. The maximum Gasteiger partial charge on any atom is 0.142 e. The minimum atomic E-state index is -0.00730. The van der Waals surface area contributed by atoms with Gasteiger partial charge in [0.25, 0.3) is 0 Å². The van der Waals surface area contributed by atoms with E-state index in [9.17, 15) is 0 Å². The van der Waals surface area contributed by atoms with Crippen molar-refractivity contribution >= 4 is 11.6 Å². The average Bonchev–Trinajstić information content (AvgIpc) is 2.48. The number of aromatic nitrogens is 1. The summed E-state index contributed by atoms with van der Waals surface area (Å²) in [7, 11) is 1.66. The molecule has 0 bridgehead atoms. The number of methoxy groups -OCH3 is 1. The lowest BCUT2D eigenvalue weighted by molar-refractivity contribution is 0.400. The fourth-order valence-electron chi connectivity index (χ4n) is 2.22. The second kappa shape index (κ2) is 6.73. The quantitative estimate of drug-likeness (QED) is 0.910. The van der Waals surface area contributed by atoms with Crippen LogP contribution in [0.2, 0.25) is 5.02 Å². The summed E-state index contributed by atoms with van der Waals surface area (Å²) in [5.41, 5.74) is 3.08. The second-order valence-corrected chi connectivity index (χ2v) is 5.00. The van der Waals surface area contributed by atoms with E-state index in [-0.39, 0.29) is 6.04 Å². The molecule has 0 aliphatic rings. The van der Waals surface area contributed by atoms with Crippen molar-refractivity contribution in [2.24, 2.45) is 0 Å². The van der Waals surface area contributed by atoms with Gasteiger partial charge in [0.2, 0.25) is 0 Å². The number of benzene rings is 1. The molecule has 1 atom stereocenters. The van der Waals surface area contributed by atoms with Crippen molar-refractivity contribution in [3.05, 3.63) is 58.4 Å². The predicted octanol–water partition coefficient (Wildman–Crippen LogP) is 3.75. The van der Waals surface area contributed by atoms with Crippen molar-refractivity contribution in [3.8, 4) is 5.75 Å². The number of hydrogen-bond acceptors (Lipinski definition) is 3. The zero-order chi connectivity index (χ0) is 14.5. The molecule has 1 unspecified atom stereocenters. The number of ether oxygens (including phenoxy) is 1. The summed E-state index contributed by atoms with van der Waals surface area (Å²) in [6.07, 6.45) is 1.78. The molecule has 1 heterocycles. The number of halogens is 1. The third-order valence-electron chi connectivity index (χ3n) is 3.22. The second-order valence-electron chi connectivity index (χ2n) is 4.59. The topological polar surface area (TPSA) is 34.2 Å². The van der Waals surface area contributed by atoms with Crippen LogP contribution in [0.25, 0.3) is 0 Å². The van der Waals surface area contributed by atoms with Crippen LogP contribution in [0.15, 0.2) is 36.5 Å². The van der Waals surface area contributed by atoms with E-state index < -0.39 is 0 Å². The van der Waals surface area contributed by atoms with Crippen molar-refractivity contribution in [2.45, 2.75) is 19.9 Å². The van der Waals surface area contributed by atoms with E-state index in [1.807, 2.05) is 31.2 Å². The molecule has 0 amide bonds. The fourth-order valence-corrected chi connectivity index (χ4v) is 2.33. The minimum Gasteiger partial charge on any atom is -0.495 e. The molecule has 1 N–H and O–H groups in total. The van der Waals surface area contributed by atoms with E-state index in [1.54, 1.807) is 13.3 Å². The monoisotopic (exact) mass is 290 g/mol. The van der Waals surface area contributed by atoms with Crippen LogP contribution >= 0.6 is 11.6 Å². The zero-order valence-electron chi connectivity index (χ0n) is 12.0. The molecule has 0 fully saturated rings. The number of nitrogens with one attached hydrogen (secondary N) is 1. The Kier molecular flexibility index (Phi) is 4.99. The highest BCUT2D eigenvalue weighted by atomic mass is 35.5. The van der Waals surface area contributed by atoms with E-state index in [4.69, 9.17) is 16.3 Å². The van der Waals surface area contributed by atoms with Gasteiger partial charge >= 0.3 is 0 Å². The van der Waals surface area contributed by atoms with Gasteiger partial charge in [0, 0.05) is 11.2 Å². The maximum absolute atomic E-state index is 6.11. The average molecular weight is 291 g/mol. The van der Waals surface area contributed by atoms with Gasteiger partial charge in [-0.2, -0.15) is 0 Å². The Hall–Kier alpha value is -1.58. The normalized spacial score (nSPS) is 12.2. The highest BCUT2D eigenvalue weighted by Gasteiger charge is 2.19. The number of nitrogens with zero attached hydrogens (tertiary/aromatic N) is 1. The Morgan fingerprint density at radius 1 is 1.35 bits per heavy atom. The van der Waals surface area contributed by atoms with E-state index in [0.717, 1.165) is 34.1 Å². The molecule has 4 heteroatoms. The Balaban J connectivity index is 2.47. The molecule has 0 aliphatic carbocycles. The molecule has 106 valence electrons. The van der Waals surface area contributed by atoms with Crippen molar-refractivity contribution in [3.63, 3.8) is 0 Å². The number of rotatable bonds is 5. The van der Waals surface area contributed by atoms with Crippen LogP contribution in [0, 0.1) is 6.92 Å². The lowest BCUT2D eigenvalue weighted by Crippen LogP contribution is -2.23. The Bertz CT molecular complexity index is 586. The molecular weight excluding hydrogens is 272 g/mol. The first-order valence-electron chi connectivity index (χ1n) is 6.65. The fraction of sp³-hybridized carbons (Fsp3) is 0.312. The van der Waals surface area contributed by atoms with Crippen molar-refractivity contribution in [2.75, 3.05) is 13.7 Å². The molecule has 1 aromatic heterocycles. The van der Waals surface area contributed by atoms with Crippen LogP contribution < -0.4 is 10.1 Å². The number of aryl methyl sites for hydroxylation is 1.